The molecule has 11 rings (SSSR count). The van der Waals surface area contributed by atoms with E-state index in [2.05, 4.69) is 189 Å². The van der Waals surface area contributed by atoms with Gasteiger partial charge in [-0.3, -0.25) is 0 Å². The van der Waals surface area contributed by atoms with Gasteiger partial charge in [0.2, 0.25) is 0 Å². The Morgan fingerprint density at radius 3 is 0.812 bits per heavy atom. The SMILES string of the molecule is C1=CCCC=CCC1.Cc1cc(C)cc(P(c2cc(C)cc(C)c2)c2cc3ccc2CCc2ccc(c(P(c4cc(C)cc(C)c4)c4cc(C)cc(C)c4)c2)CC3)c1.F[B-](F)(F)F.[Rh]. The first-order valence-electron chi connectivity index (χ1n) is 22.3. The molecule has 0 nitrogen and oxygen atoms in total. The Morgan fingerprint density at radius 2 is 0.578 bits per heavy atom. The van der Waals surface area contributed by atoms with Gasteiger partial charge in [0, 0.05) is 19.5 Å². The van der Waals surface area contributed by atoms with Crippen molar-refractivity contribution in [3.8, 4) is 0 Å². The van der Waals surface area contributed by atoms with Gasteiger partial charge in [-0.05, 0) is 177 Å². The quantitative estimate of drug-likeness (QED) is 0.0675. The van der Waals surface area contributed by atoms with E-state index in [1.54, 1.807) is 0 Å². The molecule has 0 atom stereocenters. The van der Waals surface area contributed by atoms with Crippen molar-refractivity contribution in [2.75, 3.05) is 0 Å². The molecule has 0 fully saturated rings. The minimum absolute atomic E-state index is 0. The second kappa shape index (κ2) is 23.5. The van der Waals surface area contributed by atoms with Crippen LogP contribution in [0.4, 0.5) is 17.3 Å². The predicted molar refractivity (Wildman–Crippen MR) is 270 cm³/mol. The van der Waals surface area contributed by atoms with E-state index in [9.17, 15) is 17.3 Å². The van der Waals surface area contributed by atoms with Crippen LogP contribution in [0.5, 0.6) is 0 Å². The third-order valence-corrected chi connectivity index (χ3v) is 16.2. The summed E-state index contributed by atoms with van der Waals surface area (Å²) in [4.78, 5) is 0. The minimum Gasteiger partial charge on any atom is -0.418 e. The summed E-state index contributed by atoms with van der Waals surface area (Å²) in [5.41, 5.74) is 16.7. The van der Waals surface area contributed by atoms with Crippen molar-refractivity contribution in [1.82, 2.24) is 0 Å². The molecule has 0 aromatic heterocycles. The van der Waals surface area contributed by atoms with Crippen LogP contribution in [-0.2, 0) is 45.2 Å². The summed E-state index contributed by atoms with van der Waals surface area (Å²) < 4.78 is 39.0. The van der Waals surface area contributed by atoms with Crippen LogP contribution in [-0.4, -0.2) is 7.25 Å². The second-order valence-electron chi connectivity index (χ2n) is 17.6. The Balaban J connectivity index is 0.000000477. The van der Waals surface area contributed by atoms with Gasteiger partial charge in [0.25, 0.3) is 0 Å². The predicted octanol–water partition coefficient (Wildman–Crippen LogP) is 13.5. The second-order valence-corrected chi connectivity index (χ2v) is 21.9. The first-order valence-corrected chi connectivity index (χ1v) is 25.0. The van der Waals surface area contributed by atoms with Crippen LogP contribution < -0.4 is 31.8 Å². The molecule has 0 saturated carbocycles. The van der Waals surface area contributed by atoms with Gasteiger partial charge in [-0.1, -0.05) is 178 Å². The van der Waals surface area contributed by atoms with Crippen molar-refractivity contribution in [2.24, 2.45) is 0 Å². The summed E-state index contributed by atoms with van der Waals surface area (Å²) in [6, 6.07) is 43.8. The zero-order valence-electron chi connectivity index (χ0n) is 38.7. The minimum atomic E-state index is -6.00. The molecule has 0 unspecified atom stereocenters. The summed E-state index contributed by atoms with van der Waals surface area (Å²) in [5, 5.41) is 8.93. The standard InChI is InChI=1S/C48H50P2.C8H12.BF4.Rh/c1-31-17-32(2)22-43(21-31)49(44-23-33(3)18-34(4)24-44)47-29-39-9-13-41(47)15-11-40-10-14-42(16-12-39)48(30-40)50(45-25-35(5)19-36(6)26-45)46-27-37(7)20-38(8)28-46;1-2-4-6-8-7-5-3-1;2-1(3,4)5;/h9-10,13-14,17-30H,11-12,15-16H2,1-8H3;1-2,7-8H,3-6H2;;/q;;-1;. The maximum atomic E-state index is 9.75. The third kappa shape index (κ3) is 15.1. The van der Waals surface area contributed by atoms with Crippen molar-refractivity contribution < 1.29 is 36.7 Å². The van der Waals surface area contributed by atoms with Crippen molar-refractivity contribution in [3.05, 3.63) is 200 Å². The monoisotopic (exact) mass is 986 g/mol. The number of hydrogen-bond acceptors (Lipinski definition) is 0. The molecule has 5 aliphatic carbocycles. The van der Waals surface area contributed by atoms with Crippen LogP contribution in [0.25, 0.3) is 0 Å². The number of allylic oxidation sites excluding steroid dienone is 4. The third-order valence-electron chi connectivity index (χ3n) is 11.3. The van der Waals surface area contributed by atoms with Gasteiger partial charge in [0.15, 0.2) is 0 Å². The smallest absolute Gasteiger partial charge is 0.418 e. The van der Waals surface area contributed by atoms with Gasteiger partial charge in [-0.2, -0.15) is 0 Å². The van der Waals surface area contributed by atoms with E-state index in [1.807, 2.05) is 0 Å². The van der Waals surface area contributed by atoms with Crippen molar-refractivity contribution >= 4 is 54.9 Å². The van der Waals surface area contributed by atoms with Gasteiger partial charge in [0.05, 0.1) is 0 Å². The van der Waals surface area contributed by atoms with Crippen LogP contribution >= 0.6 is 15.8 Å². The van der Waals surface area contributed by atoms with E-state index in [0.717, 1.165) is 25.7 Å². The molecule has 337 valence electrons. The van der Waals surface area contributed by atoms with E-state index < -0.39 is 23.1 Å². The van der Waals surface area contributed by atoms with Crippen LogP contribution in [0.15, 0.2) is 133 Å². The van der Waals surface area contributed by atoms with E-state index in [0.29, 0.717) is 0 Å². The zero-order chi connectivity index (χ0) is 45.3. The molecular weight excluding hydrogens is 924 g/mol. The Bertz CT molecular complexity index is 2220. The number of rotatable bonds is 6. The summed E-state index contributed by atoms with van der Waals surface area (Å²) >= 11 is 0. The normalized spacial score (nSPS) is 13.5. The summed E-state index contributed by atoms with van der Waals surface area (Å²) in [7, 11) is -7.41. The largest absolute Gasteiger partial charge is 0.673 e. The fourth-order valence-corrected chi connectivity index (χ4v) is 14.9. The molecular formula is C56H62BF4P2Rh-. The maximum Gasteiger partial charge on any atom is 0.673 e. The van der Waals surface area contributed by atoms with Crippen molar-refractivity contribution in [1.29, 1.82) is 0 Å². The van der Waals surface area contributed by atoms with E-state index in [-0.39, 0.29) is 19.5 Å². The first-order chi connectivity index (χ1) is 30.0. The summed E-state index contributed by atoms with van der Waals surface area (Å²) in [6.07, 6.45) is 18.1. The summed E-state index contributed by atoms with van der Waals surface area (Å²) in [6.45, 7) is 18.0. The molecule has 4 bridgehead atoms. The van der Waals surface area contributed by atoms with Gasteiger partial charge in [0.1, 0.15) is 0 Å². The van der Waals surface area contributed by atoms with Crippen LogP contribution in [0.1, 0.15) is 92.4 Å². The number of aryl methyl sites for hydroxylation is 12. The number of hydrogen-bond donors (Lipinski definition) is 0. The average Bonchev–Trinajstić information content (AvgIpc) is 3.14. The first kappa shape index (κ1) is 51.1. The van der Waals surface area contributed by atoms with Gasteiger partial charge in [-0.25, -0.2) is 0 Å². The Morgan fingerprint density at radius 1 is 0.344 bits per heavy atom. The van der Waals surface area contributed by atoms with Gasteiger partial charge >= 0.3 is 7.25 Å². The van der Waals surface area contributed by atoms with E-state index in [4.69, 9.17) is 0 Å². The van der Waals surface area contributed by atoms with Gasteiger partial charge < -0.3 is 17.3 Å². The molecule has 64 heavy (non-hydrogen) atoms. The molecule has 0 aliphatic heterocycles. The van der Waals surface area contributed by atoms with Crippen molar-refractivity contribution in [3.63, 3.8) is 0 Å². The fraction of sp³-hybridized carbons (Fsp3) is 0.286. The Kier molecular flexibility index (Phi) is 18.7. The maximum absolute atomic E-state index is 9.75. The van der Waals surface area contributed by atoms with E-state index in [1.165, 1.54) is 124 Å². The van der Waals surface area contributed by atoms with Crippen LogP contribution in [0.2, 0.25) is 0 Å². The molecule has 6 aromatic carbocycles. The van der Waals surface area contributed by atoms with Gasteiger partial charge in [-0.15, -0.1) is 0 Å². The zero-order valence-corrected chi connectivity index (χ0v) is 42.1. The Labute approximate surface area is 396 Å². The topological polar surface area (TPSA) is 0 Å². The number of halogens is 4. The Hall–Kier alpha value is -3.93. The molecule has 5 aliphatic rings. The molecule has 0 amide bonds. The van der Waals surface area contributed by atoms with Crippen LogP contribution in [0, 0.1) is 55.4 Å². The molecule has 0 heterocycles. The van der Waals surface area contributed by atoms with E-state index >= 15 is 0 Å². The molecule has 0 N–H and O–H groups in total. The molecule has 6 aromatic rings. The molecule has 0 spiro atoms. The average molecular weight is 987 g/mol. The summed E-state index contributed by atoms with van der Waals surface area (Å²) in [5.74, 6) is 0. The van der Waals surface area contributed by atoms with Crippen LogP contribution in [0.3, 0.4) is 0 Å². The number of benzene rings is 6. The molecule has 0 saturated heterocycles. The van der Waals surface area contributed by atoms with Crippen molar-refractivity contribution in [2.45, 2.75) is 107 Å². The molecule has 8 heteroatoms. The fourth-order valence-electron chi connectivity index (χ4n) is 8.96. The molecule has 1 radical (unpaired) electrons.